The molecular weight excluding hydrogens is 362 g/mol. The Hall–Kier alpha value is -2.75. The number of carbonyl (C=O) groups excluding carboxylic acids is 1. The average molecular weight is 387 g/mol. The van der Waals surface area contributed by atoms with Gasteiger partial charge in [0.05, 0.1) is 25.5 Å². The highest BCUT2D eigenvalue weighted by molar-refractivity contribution is 5.95. The van der Waals surface area contributed by atoms with Gasteiger partial charge in [-0.25, -0.2) is 0 Å². The van der Waals surface area contributed by atoms with Crippen molar-refractivity contribution in [1.29, 1.82) is 0 Å². The highest BCUT2D eigenvalue weighted by atomic mass is 16.5. The fraction of sp³-hybridized carbons (Fsp3) is 0.611. The van der Waals surface area contributed by atoms with Crippen molar-refractivity contribution in [1.82, 2.24) is 25.4 Å². The molecule has 2 aliphatic rings. The van der Waals surface area contributed by atoms with Gasteiger partial charge in [0, 0.05) is 26.2 Å². The molecule has 4 rings (SSSR count). The second kappa shape index (κ2) is 8.09. The predicted octanol–water partition coefficient (Wildman–Crippen LogP) is 0.843. The largest absolute Gasteiger partial charge is 0.378 e. The van der Waals surface area contributed by atoms with Gasteiger partial charge in [0.25, 0.3) is 5.91 Å². The molecule has 0 bridgehead atoms. The maximum absolute atomic E-state index is 12.5. The predicted molar refractivity (Wildman–Crippen MR) is 101 cm³/mol. The van der Waals surface area contributed by atoms with Gasteiger partial charge in [0.1, 0.15) is 11.3 Å². The lowest BCUT2D eigenvalue weighted by Crippen LogP contribution is -2.38. The van der Waals surface area contributed by atoms with E-state index < -0.39 is 0 Å². The summed E-state index contributed by atoms with van der Waals surface area (Å²) in [7, 11) is 0. The van der Waals surface area contributed by atoms with Crippen LogP contribution < -0.4 is 15.1 Å². The lowest BCUT2D eigenvalue weighted by Gasteiger charge is -2.28. The molecule has 0 aliphatic carbocycles. The number of amides is 1. The van der Waals surface area contributed by atoms with Gasteiger partial charge in [-0.1, -0.05) is 5.16 Å². The lowest BCUT2D eigenvalue weighted by molar-refractivity contribution is 0.0948. The van der Waals surface area contributed by atoms with Gasteiger partial charge in [-0.2, -0.15) is 15.0 Å². The van der Waals surface area contributed by atoms with E-state index in [1.165, 1.54) is 0 Å². The highest BCUT2D eigenvalue weighted by Crippen LogP contribution is 2.20. The zero-order chi connectivity index (χ0) is 19.5. The second-order valence-corrected chi connectivity index (χ2v) is 7.03. The molecule has 2 aliphatic heterocycles. The molecule has 2 aromatic rings. The summed E-state index contributed by atoms with van der Waals surface area (Å²) in [6.45, 7) is 8.36. The number of anilines is 2. The van der Waals surface area contributed by atoms with Crippen LogP contribution >= 0.6 is 0 Å². The van der Waals surface area contributed by atoms with Crippen LogP contribution in [0.25, 0.3) is 0 Å². The fourth-order valence-corrected chi connectivity index (χ4v) is 3.49. The Kier molecular flexibility index (Phi) is 5.38. The van der Waals surface area contributed by atoms with E-state index in [1.807, 2.05) is 0 Å². The van der Waals surface area contributed by atoms with E-state index in [-0.39, 0.29) is 12.5 Å². The van der Waals surface area contributed by atoms with Crippen LogP contribution in [0.15, 0.2) is 4.52 Å². The SMILES string of the molecule is Cc1noc(C)c1C(=O)NCc1nc(N2CCCC2)nc(N2CCOCC2)n1. The molecule has 2 aromatic heterocycles. The molecule has 2 saturated heterocycles. The number of morpholine rings is 1. The topological polar surface area (TPSA) is 110 Å². The zero-order valence-electron chi connectivity index (χ0n) is 16.3. The van der Waals surface area contributed by atoms with Crippen molar-refractivity contribution in [2.45, 2.75) is 33.2 Å². The summed E-state index contributed by atoms with van der Waals surface area (Å²) in [5, 5.41) is 6.71. The molecule has 1 amide bonds. The summed E-state index contributed by atoms with van der Waals surface area (Å²) < 4.78 is 10.5. The van der Waals surface area contributed by atoms with Crippen LogP contribution in [-0.2, 0) is 11.3 Å². The zero-order valence-corrected chi connectivity index (χ0v) is 16.3. The third-order valence-corrected chi connectivity index (χ3v) is 5.01. The van der Waals surface area contributed by atoms with Crippen LogP contribution in [0.4, 0.5) is 11.9 Å². The first-order valence-corrected chi connectivity index (χ1v) is 9.65. The van der Waals surface area contributed by atoms with Crippen LogP contribution in [0.1, 0.15) is 40.5 Å². The first kappa shape index (κ1) is 18.6. The summed E-state index contributed by atoms with van der Waals surface area (Å²) in [5.74, 6) is 2.11. The second-order valence-electron chi connectivity index (χ2n) is 7.03. The minimum atomic E-state index is -0.243. The van der Waals surface area contributed by atoms with Crippen molar-refractivity contribution in [2.24, 2.45) is 0 Å². The minimum Gasteiger partial charge on any atom is -0.378 e. The summed E-state index contributed by atoms with van der Waals surface area (Å²) in [4.78, 5) is 30.7. The molecule has 1 N–H and O–H groups in total. The Morgan fingerprint density at radius 2 is 1.64 bits per heavy atom. The molecule has 0 unspecified atom stereocenters. The number of aromatic nitrogens is 4. The number of nitrogens with one attached hydrogen (secondary N) is 1. The standard InChI is InChI=1S/C18H25N7O3/c1-12-15(13(2)28-23-12)16(26)19-11-14-20-17(24-5-3-4-6-24)22-18(21-14)25-7-9-27-10-8-25/h3-11H2,1-2H3,(H,19,26). The molecule has 0 saturated carbocycles. The van der Waals surface area contributed by atoms with Gasteiger partial charge in [-0.15, -0.1) is 0 Å². The number of rotatable bonds is 5. The van der Waals surface area contributed by atoms with E-state index in [9.17, 15) is 4.79 Å². The van der Waals surface area contributed by atoms with Crippen molar-refractivity contribution in [3.63, 3.8) is 0 Å². The van der Waals surface area contributed by atoms with Crippen molar-refractivity contribution >= 4 is 17.8 Å². The lowest BCUT2D eigenvalue weighted by atomic mass is 10.2. The summed E-state index contributed by atoms with van der Waals surface area (Å²) in [6.07, 6.45) is 2.27. The van der Waals surface area contributed by atoms with E-state index >= 15 is 0 Å². The van der Waals surface area contributed by atoms with E-state index in [2.05, 4.69) is 35.2 Å². The Morgan fingerprint density at radius 1 is 1.00 bits per heavy atom. The maximum atomic E-state index is 12.5. The molecule has 0 aromatic carbocycles. The van der Waals surface area contributed by atoms with Crippen molar-refractivity contribution in [2.75, 3.05) is 49.2 Å². The van der Waals surface area contributed by atoms with Gasteiger partial charge >= 0.3 is 0 Å². The number of hydrogen-bond donors (Lipinski definition) is 1. The Labute approximate surface area is 163 Å². The summed E-state index contributed by atoms with van der Waals surface area (Å²) in [5.41, 5.74) is 1.03. The molecule has 4 heterocycles. The van der Waals surface area contributed by atoms with Crippen molar-refractivity contribution in [3.8, 4) is 0 Å². The van der Waals surface area contributed by atoms with Crippen molar-refractivity contribution < 1.29 is 14.1 Å². The minimum absolute atomic E-state index is 0.212. The van der Waals surface area contributed by atoms with Crippen LogP contribution in [0, 0.1) is 13.8 Å². The van der Waals surface area contributed by atoms with Crippen LogP contribution in [0.5, 0.6) is 0 Å². The number of aryl methyl sites for hydroxylation is 2. The Morgan fingerprint density at radius 3 is 2.25 bits per heavy atom. The third kappa shape index (κ3) is 3.91. The molecule has 150 valence electrons. The molecular formula is C18H25N7O3. The fourth-order valence-electron chi connectivity index (χ4n) is 3.49. The molecule has 10 heteroatoms. The average Bonchev–Trinajstić information content (AvgIpc) is 3.37. The Bertz CT molecular complexity index is 822. The van der Waals surface area contributed by atoms with E-state index in [4.69, 9.17) is 9.26 Å². The molecule has 0 atom stereocenters. The summed E-state index contributed by atoms with van der Waals surface area (Å²) >= 11 is 0. The first-order valence-electron chi connectivity index (χ1n) is 9.65. The number of hydrogen-bond acceptors (Lipinski definition) is 9. The van der Waals surface area contributed by atoms with E-state index in [0.717, 1.165) is 39.0 Å². The highest BCUT2D eigenvalue weighted by Gasteiger charge is 2.22. The van der Waals surface area contributed by atoms with Gasteiger partial charge in [0.15, 0.2) is 5.82 Å². The van der Waals surface area contributed by atoms with Gasteiger partial charge in [-0.05, 0) is 26.7 Å². The Balaban J connectivity index is 1.54. The molecule has 0 radical (unpaired) electrons. The maximum Gasteiger partial charge on any atom is 0.257 e. The summed E-state index contributed by atoms with van der Waals surface area (Å²) in [6, 6.07) is 0. The number of ether oxygens (including phenoxy) is 1. The molecule has 0 spiro atoms. The molecule has 2 fully saturated rings. The first-order chi connectivity index (χ1) is 13.6. The van der Waals surface area contributed by atoms with Crippen molar-refractivity contribution in [3.05, 3.63) is 22.8 Å². The number of nitrogens with zero attached hydrogens (tertiary/aromatic N) is 6. The van der Waals surface area contributed by atoms with Crippen LogP contribution in [-0.4, -0.2) is 65.4 Å². The van der Waals surface area contributed by atoms with Gasteiger partial charge in [-0.3, -0.25) is 4.79 Å². The monoisotopic (exact) mass is 387 g/mol. The van der Waals surface area contributed by atoms with Gasteiger partial charge in [0.2, 0.25) is 11.9 Å². The van der Waals surface area contributed by atoms with E-state index in [0.29, 0.717) is 48.0 Å². The third-order valence-electron chi connectivity index (χ3n) is 5.01. The quantitative estimate of drug-likeness (QED) is 0.798. The van der Waals surface area contributed by atoms with E-state index in [1.54, 1.807) is 13.8 Å². The number of carbonyl (C=O) groups is 1. The normalized spacial score (nSPS) is 17.2. The molecule has 28 heavy (non-hydrogen) atoms. The van der Waals surface area contributed by atoms with Gasteiger partial charge < -0.3 is 24.4 Å². The molecule has 10 nitrogen and oxygen atoms in total. The van der Waals surface area contributed by atoms with Crippen LogP contribution in [0.2, 0.25) is 0 Å². The smallest absolute Gasteiger partial charge is 0.257 e. The van der Waals surface area contributed by atoms with Crippen LogP contribution in [0.3, 0.4) is 0 Å².